The average Bonchev–Trinajstić information content (AvgIpc) is 2.28. The van der Waals surface area contributed by atoms with E-state index in [0.717, 1.165) is 6.42 Å². The Kier molecular flexibility index (Phi) is 4.71. The molecule has 0 bridgehead atoms. The lowest BCUT2D eigenvalue weighted by atomic mass is 10.0. The second-order valence-corrected chi connectivity index (χ2v) is 3.69. The molecule has 0 aliphatic carbocycles. The van der Waals surface area contributed by atoms with Crippen molar-refractivity contribution in [3.63, 3.8) is 0 Å². The Bertz CT molecular complexity index is 341. The van der Waals surface area contributed by atoms with Gasteiger partial charge in [0.15, 0.2) is 11.6 Å². The number of benzene rings is 1. The number of halogens is 1. The molecule has 0 heterocycles. The van der Waals surface area contributed by atoms with Gasteiger partial charge in [0.2, 0.25) is 0 Å². The fourth-order valence-corrected chi connectivity index (χ4v) is 1.54. The Balaban J connectivity index is 2.84. The second-order valence-electron chi connectivity index (χ2n) is 3.69. The third-order valence-corrected chi connectivity index (χ3v) is 2.47. The highest BCUT2D eigenvalue weighted by Crippen LogP contribution is 2.24. The first-order valence-electron chi connectivity index (χ1n) is 5.29. The number of hydrogen-bond donors (Lipinski definition) is 2. The van der Waals surface area contributed by atoms with Gasteiger partial charge in [0.05, 0.1) is 13.2 Å². The third kappa shape index (κ3) is 2.93. The van der Waals surface area contributed by atoms with E-state index < -0.39 is 18.0 Å². The molecule has 16 heavy (non-hydrogen) atoms. The monoisotopic (exact) mass is 228 g/mol. The second kappa shape index (κ2) is 5.82. The minimum Gasteiger partial charge on any atom is -0.494 e. The minimum atomic E-state index is -1.06. The smallest absolute Gasteiger partial charge is 0.165 e. The molecule has 1 rings (SSSR count). The van der Waals surface area contributed by atoms with Crippen LogP contribution in [-0.2, 0) is 0 Å². The van der Waals surface area contributed by atoms with E-state index in [2.05, 4.69) is 0 Å². The summed E-state index contributed by atoms with van der Waals surface area (Å²) in [6, 6.07) is 4.17. The Morgan fingerprint density at radius 2 is 2.06 bits per heavy atom. The predicted molar refractivity (Wildman–Crippen MR) is 58.8 cm³/mol. The highest BCUT2D eigenvalue weighted by Gasteiger charge is 2.18. The maximum Gasteiger partial charge on any atom is 0.165 e. The summed E-state index contributed by atoms with van der Waals surface area (Å²) in [4.78, 5) is 0. The van der Waals surface area contributed by atoms with E-state index >= 15 is 0 Å². The van der Waals surface area contributed by atoms with Gasteiger partial charge in [-0.1, -0.05) is 19.4 Å². The van der Waals surface area contributed by atoms with Crippen LogP contribution in [0.4, 0.5) is 4.39 Å². The first-order valence-corrected chi connectivity index (χ1v) is 5.29. The van der Waals surface area contributed by atoms with Gasteiger partial charge in [-0.05, 0) is 24.1 Å². The molecule has 0 aliphatic rings. The molecule has 3 nitrogen and oxygen atoms in total. The van der Waals surface area contributed by atoms with Crippen LogP contribution in [0.5, 0.6) is 5.75 Å². The van der Waals surface area contributed by atoms with Gasteiger partial charge < -0.3 is 14.9 Å². The molecule has 0 spiro atoms. The van der Waals surface area contributed by atoms with E-state index in [-0.39, 0.29) is 5.75 Å². The van der Waals surface area contributed by atoms with Crippen molar-refractivity contribution in [3.05, 3.63) is 29.6 Å². The fraction of sp³-hybridized carbons (Fsp3) is 0.500. The van der Waals surface area contributed by atoms with Crippen molar-refractivity contribution in [2.45, 2.75) is 32.0 Å². The number of methoxy groups -OCH3 is 1. The average molecular weight is 228 g/mol. The van der Waals surface area contributed by atoms with E-state index in [1.165, 1.54) is 19.2 Å². The number of ether oxygens (including phenoxy) is 1. The summed E-state index contributed by atoms with van der Waals surface area (Å²) in [7, 11) is 1.38. The van der Waals surface area contributed by atoms with Crippen LogP contribution >= 0.6 is 0 Å². The highest BCUT2D eigenvalue weighted by molar-refractivity contribution is 5.30. The third-order valence-electron chi connectivity index (χ3n) is 2.47. The van der Waals surface area contributed by atoms with Crippen LogP contribution in [0.3, 0.4) is 0 Å². The summed E-state index contributed by atoms with van der Waals surface area (Å²) in [5.41, 5.74) is 0.360. The molecule has 2 N–H and O–H groups in total. The van der Waals surface area contributed by atoms with Gasteiger partial charge in [-0.25, -0.2) is 4.39 Å². The first-order chi connectivity index (χ1) is 7.60. The lowest BCUT2D eigenvalue weighted by Crippen LogP contribution is -2.17. The van der Waals surface area contributed by atoms with E-state index in [1.54, 1.807) is 6.07 Å². The molecule has 2 atom stereocenters. The van der Waals surface area contributed by atoms with Gasteiger partial charge in [0, 0.05) is 0 Å². The topological polar surface area (TPSA) is 49.7 Å². The van der Waals surface area contributed by atoms with Crippen LogP contribution in [0.25, 0.3) is 0 Å². The van der Waals surface area contributed by atoms with Crippen LogP contribution in [0.2, 0.25) is 0 Å². The van der Waals surface area contributed by atoms with Gasteiger partial charge in [-0.3, -0.25) is 0 Å². The number of aliphatic hydroxyl groups is 2. The lowest BCUT2D eigenvalue weighted by molar-refractivity contribution is 0.0129. The summed E-state index contributed by atoms with van der Waals surface area (Å²) in [5, 5.41) is 19.3. The molecule has 4 heteroatoms. The minimum absolute atomic E-state index is 0.126. The van der Waals surface area contributed by atoms with Crippen molar-refractivity contribution < 1.29 is 19.3 Å². The summed E-state index contributed by atoms with van der Waals surface area (Å²) < 4.78 is 18.1. The van der Waals surface area contributed by atoms with Crippen LogP contribution in [0.15, 0.2) is 18.2 Å². The molecule has 90 valence electrons. The van der Waals surface area contributed by atoms with Gasteiger partial charge in [-0.15, -0.1) is 0 Å². The molecule has 0 radical (unpaired) electrons. The van der Waals surface area contributed by atoms with Crippen molar-refractivity contribution in [3.8, 4) is 5.75 Å². The number of rotatable bonds is 5. The largest absolute Gasteiger partial charge is 0.494 e. The Hall–Kier alpha value is -1.13. The standard InChI is InChI=1S/C12H17FO3/c1-3-4-10(14)12(15)8-5-6-11(16-2)9(13)7-8/h5-7,10,12,14-15H,3-4H2,1-2H3. The van der Waals surface area contributed by atoms with Crippen molar-refractivity contribution in [2.75, 3.05) is 7.11 Å². The molecule has 2 unspecified atom stereocenters. The molecule has 0 fully saturated rings. The van der Waals surface area contributed by atoms with Gasteiger partial charge >= 0.3 is 0 Å². The zero-order valence-electron chi connectivity index (χ0n) is 9.48. The Labute approximate surface area is 94.5 Å². The summed E-state index contributed by atoms with van der Waals surface area (Å²) in [6.45, 7) is 1.91. The van der Waals surface area contributed by atoms with Crippen LogP contribution in [0.1, 0.15) is 31.4 Å². The van der Waals surface area contributed by atoms with E-state index in [9.17, 15) is 14.6 Å². The van der Waals surface area contributed by atoms with E-state index in [1.807, 2.05) is 6.92 Å². The summed E-state index contributed by atoms with van der Waals surface area (Å²) in [6.07, 6.45) is -0.677. The van der Waals surface area contributed by atoms with E-state index in [0.29, 0.717) is 12.0 Å². The summed E-state index contributed by atoms with van der Waals surface area (Å²) in [5.74, 6) is -0.413. The van der Waals surface area contributed by atoms with Crippen LogP contribution in [0, 0.1) is 5.82 Å². The predicted octanol–water partition coefficient (Wildman–Crippen LogP) is 2.03. The molecule has 1 aromatic carbocycles. The SMILES string of the molecule is CCCC(O)C(O)c1ccc(OC)c(F)c1. The van der Waals surface area contributed by atoms with Gasteiger partial charge in [0.25, 0.3) is 0 Å². The quantitative estimate of drug-likeness (QED) is 0.810. The number of hydrogen-bond acceptors (Lipinski definition) is 3. The van der Waals surface area contributed by atoms with E-state index in [4.69, 9.17) is 4.74 Å². The van der Waals surface area contributed by atoms with Crippen LogP contribution in [-0.4, -0.2) is 23.4 Å². The van der Waals surface area contributed by atoms with Gasteiger partial charge in [0.1, 0.15) is 6.10 Å². The first kappa shape index (κ1) is 12.9. The maximum absolute atomic E-state index is 13.3. The Morgan fingerprint density at radius 3 is 2.56 bits per heavy atom. The fourth-order valence-electron chi connectivity index (χ4n) is 1.54. The van der Waals surface area contributed by atoms with Crippen LogP contribution < -0.4 is 4.74 Å². The molecule has 0 aromatic heterocycles. The van der Waals surface area contributed by atoms with Gasteiger partial charge in [-0.2, -0.15) is 0 Å². The normalized spacial score (nSPS) is 14.6. The van der Waals surface area contributed by atoms with Crippen molar-refractivity contribution in [1.29, 1.82) is 0 Å². The van der Waals surface area contributed by atoms with Crippen molar-refractivity contribution >= 4 is 0 Å². The maximum atomic E-state index is 13.3. The molecule has 0 amide bonds. The Morgan fingerprint density at radius 1 is 1.38 bits per heavy atom. The molecule has 0 saturated heterocycles. The van der Waals surface area contributed by atoms with Crippen molar-refractivity contribution in [2.24, 2.45) is 0 Å². The molecule has 0 aliphatic heterocycles. The summed E-state index contributed by atoms with van der Waals surface area (Å²) >= 11 is 0. The molecule has 1 aromatic rings. The molecular weight excluding hydrogens is 211 g/mol. The lowest BCUT2D eigenvalue weighted by Gasteiger charge is -2.17. The zero-order chi connectivity index (χ0) is 12.1. The zero-order valence-corrected chi connectivity index (χ0v) is 9.48. The molecular formula is C12H17FO3. The number of aliphatic hydroxyl groups excluding tert-OH is 2. The van der Waals surface area contributed by atoms with Crippen molar-refractivity contribution in [1.82, 2.24) is 0 Å². The molecule has 0 saturated carbocycles. The highest BCUT2D eigenvalue weighted by atomic mass is 19.1.